The molecule has 4 aliphatic heterocycles. The van der Waals surface area contributed by atoms with Gasteiger partial charge in [0, 0.05) is 17.1 Å². The minimum atomic E-state index is -0.143. The second kappa shape index (κ2) is 4.41. The van der Waals surface area contributed by atoms with Crippen molar-refractivity contribution in [3.63, 3.8) is 0 Å². The molecule has 0 radical (unpaired) electrons. The summed E-state index contributed by atoms with van der Waals surface area (Å²) in [5.74, 6) is 1.40. The van der Waals surface area contributed by atoms with E-state index < -0.39 is 0 Å². The van der Waals surface area contributed by atoms with Gasteiger partial charge in [-0.1, -0.05) is 0 Å². The topological polar surface area (TPSA) is 51.0 Å². The van der Waals surface area contributed by atoms with Gasteiger partial charge in [-0.05, 0) is 32.0 Å². The van der Waals surface area contributed by atoms with Gasteiger partial charge in [0.25, 0.3) is 0 Å². The maximum absolute atomic E-state index is 12.9. The van der Waals surface area contributed by atoms with Crippen molar-refractivity contribution in [1.82, 2.24) is 4.98 Å². The average Bonchev–Trinajstić information content (AvgIpc) is 2.94. The Balaban J connectivity index is 1.61. The number of ether oxygens (including phenoxy) is 1. The lowest BCUT2D eigenvalue weighted by Crippen LogP contribution is -3.41. The molecule has 0 aliphatic carbocycles. The molecule has 2 aromatic rings. The van der Waals surface area contributed by atoms with Crippen LogP contribution in [0.3, 0.4) is 0 Å². The molecule has 4 fully saturated rings. The van der Waals surface area contributed by atoms with Crippen LogP contribution in [0, 0.1) is 10.8 Å². The number of aromatic nitrogens is 1. The van der Waals surface area contributed by atoms with Gasteiger partial charge in [0.05, 0.1) is 38.9 Å². The summed E-state index contributed by atoms with van der Waals surface area (Å²) in [5, 5.41) is 1.26. The van der Waals surface area contributed by atoms with E-state index in [2.05, 4.69) is 37.2 Å². The number of nitrogens with one attached hydrogen (secondary N) is 3. The van der Waals surface area contributed by atoms with Crippen molar-refractivity contribution < 1.29 is 19.3 Å². The van der Waals surface area contributed by atoms with Crippen molar-refractivity contribution in [3.8, 4) is 5.75 Å². The van der Waals surface area contributed by atoms with Crippen LogP contribution in [0.15, 0.2) is 24.4 Å². The number of methoxy groups -OCH3 is 1. The molecule has 5 heteroatoms. The molecule has 0 unspecified atom stereocenters. The van der Waals surface area contributed by atoms with Crippen LogP contribution in [0.25, 0.3) is 10.9 Å². The van der Waals surface area contributed by atoms with E-state index >= 15 is 0 Å². The number of ketones is 1. The van der Waals surface area contributed by atoms with Crippen LogP contribution in [0.5, 0.6) is 5.75 Å². The molecule has 5 heterocycles. The van der Waals surface area contributed by atoms with E-state index in [-0.39, 0.29) is 10.8 Å². The van der Waals surface area contributed by atoms with E-state index in [9.17, 15) is 4.79 Å². The van der Waals surface area contributed by atoms with Crippen LogP contribution < -0.4 is 14.5 Å². The molecule has 6 rings (SSSR count). The van der Waals surface area contributed by atoms with E-state index in [0.29, 0.717) is 11.9 Å². The molecule has 5 nitrogen and oxygen atoms in total. The number of quaternary nitrogens is 2. The summed E-state index contributed by atoms with van der Waals surface area (Å²) < 4.78 is 5.43. The molecular formula is C19H25N3O2+2. The van der Waals surface area contributed by atoms with E-state index in [4.69, 9.17) is 4.74 Å². The number of fused-ring (bicyclic) bond motifs is 1. The summed E-state index contributed by atoms with van der Waals surface area (Å²) in [6, 6.07) is 6.23. The Kier molecular flexibility index (Phi) is 2.66. The number of hydrogen-bond donors (Lipinski definition) is 3. The zero-order chi connectivity index (χ0) is 16.7. The number of benzene rings is 1. The van der Waals surface area contributed by atoms with Gasteiger partial charge < -0.3 is 9.72 Å². The third kappa shape index (κ3) is 1.69. The summed E-state index contributed by atoms with van der Waals surface area (Å²) in [6.45, 7) is 8.22. The Labute approximate surface area is 141 Å². The fourth-order valence-corrected chi connectivity index (χ4v) is 5.93. The molecule has 4 saturated heterocycles. The molecule has 3 N–H and O–H groups in total. The maximum atomic E-state index is 12.9. The number of H-pyrrole nitrogens is 1. The summed E-state index contributed by atoms with van der Waals surface area (Å²) in [4.78, 5) is 19.4. The molecule has 0 atom stereocenters. The van der Waals surface area contributed by atoms with Crippen molar-refractivity contribution >= 4 is 16.7 Å². The average molecular weight is 327 g/mol. The van der Waals surface area contributed by atoms with Crippen LogP contribution >= 0.6 is 0 Å². The number of hydrogen-bond acceptors (Lipinski definition) is 2. The van der Waals surface area contributed by atoms with E-state index in [1.54, 1.807) is 16.9 Å². The Hall–Kier alpha value is -1.85. The molecular weight excluding hydrogens is 302 g/mol. The van der Waals surface area contributed by atoms with Crippen molar-refractivity contribution in [1.29, 1.82) is 0 Å². The molecule has 4 aliphatic rings. The Morgan fingerprint density at radius 3 is 2.33 bits per heavy atom. The normalized spacial score (nSPS) is 40.5. The van der Waals surface area contributed by atoms with E-state index in [0.717, 1.165) is 37.4 Å². The van der Waals surface area contributed by atoms with Gasteiger partial charge in [0.15, 0.2) is 5.78 Å². The van der Waals surface area contributed by atoms with Gasteiger partial charge in [-0.2, -0.15) is 0 Å². The Bertz CT molecular complexity index is 815. The molecule has 126 valence electrons. The molecule has 1 aromatic carbocycles. The lowest BCUT2D eigenvalue weighted by Gasteiger charge is -2.58. The number of Topliss-reactive ketones (excluding diaryl/α,β-unsaturated/α-hetero) is 1. The third-order valence-corrected chi connectivity index (χ3v) is 6.61. The largest absolute Gasteiger partial charge is 0.497 e. The SMILES string of the molecule is COc1ccc2[nH]cc(C3[NH+]4CC5(C)C[NH+]3CC(C)(C4)C5=O)c2c1. The lowest BCUT2D eigenvalue weighted by molar-refractivity contribution is -1.18. The number of carbonyl (C=O) groups is 1. The smallest absolute Gasteiger partial charge is 0.242 e. The molecule has 4 bridgehead atoms. The van der Waals surface area contributed by atoms with Crippen LogP contribution in [-0.2, 0) is 4.79 Å². The summed E-state index contributed by atoms with van der Waals surface area (Å²) in [6.07, 6.45) is 2.59. The van der Waals surface area contributed by atoms with Gasteiger partial charge in [-0.15, -0.1) is 0 Å². The Morgan fingerprint density at radius 1 is 1.12 bits per heavy atom. The first-order valence-electron chi connectivity index (χ1n) is 8.83. The second-order valence-electron chi connectivity index (χ2n) is 8.56. The van der Waals surface area contributed by atoms with Crippen LogP contribution in [0.1, 0.15) is 25.6 Å². The predicted octanol–water partition coefficient (Wildman–Crippen LogP) is -0.433. The van der Waals surface area contributed by atoms with Crippen molar-refractivity contribution in [3.05, 3.63) is 30.0 Å². The summed E-state index contributed by atoms with van der Waals surface area (Å²) >= 11 is 0. The molecule has 24 heavy (non-hydrogen) atoms. The first-order chi connectivity index (χ1) is 11.4. The van der Waals surface area contributed by atoms with Gasteiger partial charge in [-0.25, -0.2) is 0 Å². The predicted molar refractivity (Wildman–Crippen MR) is 90.2 cm³/mol. The fourth-order valence-electron chi connectivity index (χ4n) is 5.93. The van der Waals surface area contributed by atoms with Crippen molar-refractivity contribution in [2.45, 2.75) is 20.0 Å². The first-order valence-corrected chi connectivity index (χ1v) is 8.83. The zero-order valence-corrected chi connectivity index (χ0v) is 14.5. The highest BCUT2D eigenvalue weighted by atomic mass is 16.5. The van der Waals surface area contributed by atoms with Crippen molar-refractivity contribution in [2.75, 3.05) is 33.3 Å². The number of piperidine rings is 2. The van der Waals surface area contributed by atoms with Gasteiger partial charge >= 0.3 is 0 Å². The maximum Gasteiger partial charge on any atom is 0.242 e. The third-order valence-electron chi connectivity index (χ3n) is 6.61. The van der Waals surface area contributed by atoms with E-state index in [1.165, 1.54) is 10.9 Å². The van der Waals surface area contributed by atoms with Gasteiger partial charge in [0.2, 0.25) is 6.17 Å². The van der Waals surface area contributed by atoms with Crippen LogP contribution in [0.2, 0.25) is 0 Å². The van der Waals surface area contributed by atoms with Gasteiger partial charge in [-0.3, -0.25) is 14.6 Å². The minimum absolute atomic E-state index is 0.143. The monoisotopic (exact) mass is 327 g/mol. The first kappa shape index (κ1) is 14.5. The highest BCUT2D eigenvalue weighted by molar-refractivity contribution is 5.91. The van der Waals surface area contributed by atoms with Crippen molar-refractivity contribution in [2.24, 2.45) is 10.8 Å². The highest BCUT2D eigenvalue weighted by Crippen LogP contribution is 2.37. The highest BCUT2D eigenvalue weighted by Gasteiger charge is 2.68. The molecule has 0 amide bonds. The lowest BCUT2D eigenvalue weighted by atomic mass is 9.62. The number of carbonyl (C=O) groups excluding carboxylic acids is 1. The van der Waals surface area contributed by atoms with E-state index in [1.807, 2.05) is 6.07 Å². The summed E-state index contributed by atoms with van der Waals surface area (Å²) in [5.41, 5.74) is 2.24. The second-order valence-corrected chi connectivity index (χ2v) is 8.56. The fraction of sp³-hybridized carbons (Fsp3) is 0.526. The molecule has 0 saturated carbocycles. The molecule has 1 aromatic heterocycles. The Morgan fingerprint density at radius 2 is 1.75 bits per heavy atom. The number of rotatable bonds is 2. The van der Waals surface area contributed by atoms with Crippen LogP contribution in [-0.4, -0.2) is 44.1 Å². The van der Waals surface area contributed by atoms with Crippen LogP contribution in [0.4, 0.5) is 0 Å². The number of aromatic amines is 1. The standard InChI is InChI=1S/C19H23N3O2/c1-18-8-21-10-19(2,17(18)23)11-22(9-18)16(21)14-7-20-15-5-4-12(24-3)6-13(14)15/h4-7,16,20H,8-11H2,1-3H3/p+2. The minimum Gasteiger partial charge on any atom is -0.497 e. The zero-order valence-electron chi connectivity index (χ0n) is 14.5. The summed E-state index contributed by atoms with van der Waals surface area (Å²) in [7, 11) is 1.72. The molecule has 0 spiro atoms. The quantitative estimate of drug-likeness (QED) is 0.701. The van der Waals surface area contributed by atoms with Gasteiger partial charge in [0.1, 0.15) is 16.6 Å².